The van der Waals surface area contributed by atoms with Gasteiger partial charge in [-0.15, -0.1) is 0 Å². The molecule has 1 aliphatic heterocycles. The summed E-state index contributed by atoms with van der Waals surface area (Å²) in [6.07, 6.45) is -0.576. The third-order valence-corrected chi connectivity index (χ3v) is 15.1. The highest BCUT2D eigenvalue weighted by atomic mass is 16.7. The average Bonchev–Trinajstić information content (AvgIpc) is 3.00. The first-order chi connectivity index (χ1) is 21.3. The molecule has 0 radical (unpaired) electrons. The Labute approximate surface area is 273 Å². The van der Waals surface area contributed by atoms with Gasteiger partial charge >= 0.3 is 5.97 Å². The van der Waals surface area contributed by atoms with Gasteiger partial charge in [-0.3, -0.25) is 4.79 Å². The van der Waals surface area contributed by atoms with Crippen molar-refractivity contribution >= 4 is 5.97 Å². The number of hydrogen-bond donors (Lipinski definition) is 7. The number of esters is 1. The molecule has 46 heavy (non-hydrogen) atoms. The van der Waals surface area contributed by atoms with Crippen LogP contribution < -0.4 is 0 Å². The van der Waals surface area contributed by atoms with E-state index >= 15 is 0 Å². The zero-order valence-electron chi connectivity index (χ0n) is 28.5. The first-order valence-corrected chi connectivity index (χ1v) is 17.5. The molecule has 5 fully saturated rings. The molecule has 4 saturated carbocycles. The molecule has 0 aromatic rings. The Bertz CT molecular complexity index is 1230. The molecule has 7 N–H and O–H groups in total. The molecule has 1 unspecified atom stereocenters. The molecule has 5 aliphatic carbocycles. The molecular formula is C36H58O10. The maximum absolute atomic E-state index is 14.4. The lowest BCUT2D eigenvalue weighted by Gasteiger charge is -2.71. The van der Waals surface area contributed by atoms with Crippen molar-refractivity contribution in [1.29, 1.82) is 0 Å². The lowest BCUT2D eigenvalue weighted by atomic mass is 9.33. The molecule has 0 aromatic heterocycles. The number of aliphatic hydroxyl groups is 7. The third kappa shape index (κ3) is 4.60. The van der Waals surface area contributed by atoms with Crippen LogP contribution in [-0.2, 0) is 14.3 Å². The van der Waals surface area contributed by atoms with E-state index in [2.05, 4.69) is 33.8 Å². The minimum Gasteiger partial charge on any atom is -0.432 e. The second-order valence-electron chi connectivity index (χ2n) is 17.9. The summed E-state index contributed by atoms with van der Waals surface area (Å²) in [6, 6.07) is 0. The van der Waals surface area contributed by atoms with Gasteiger partial charge in [0.1, 0.15) is 24.4 Å². The van der Waals surface area contributed by atoms with E-state index in [0.717, 1.165) is 32.1 Å². The SMILES string of the molecule is CC1(C)CC[C@]2(C(=O)O[C@@H]3O[C@H](CO)[C@@H](O)[C@H](O)[C@H]3O)CC[C@]3(C)C(=CC[C@H]4[C@@]5(CO)C[C@H](O)[C@@H](O)C(C)(C)C5CC[C@]43C)[C@H]2C1. The van der Waals surface area contributed by atoms with E-state index in [9.17, 15) is 40.5 Å². The summed E-state index contributed by atoms with van der Waals surface area (Å²) in [5.41, 5.74) is -1.20. The van der Waals surface area contributed by atoms with Gasteiger partial charge in [0.15, 0.2) is 0 Å². The summed E-state index contributed by atoms with van der Waals surface area (Å²) in [7, 11) is 0. The first-order valence-electron chi connectivity index (χ1n) is 17.5. The van der Waals surface area contributed by atoms with E-state index in [1.165, 1.54) is 5.57 Å². The van der Waals surface area contributed by atoms with Crippen LogP contribution in [0.1, 0.15) is 99.3 Å². The van der Waals surface area contributed by atoms with Crippen molar-refractivity contribution in [3.63, 3.8) is 0 Å². The maximum Gasteiger partial charge on any atom is 0.315 e. The lowest BCUT2D eigenvalue weighted by molar-refractivity contribution is -0.297. The molecule has 0 spiro atoms. The molecule has 262 valence electrons. The van der Waals surface area contributed by atoms with Gasteiger partial charge in [-0.25, -0.2) is 0 Å². The number of hydrogen-bond acceptors (Lipinski definition) is 10. The molecule has 10 heteroatoms. The Hall–Kier alpha value is -1.11. The van der Waals surface area contributed by atoms with Crippen molar-refractivity contribution in [3.05, 3.63) is 11.6 Å². The van der Waals surface area contributed by atoms with Gasteiger partial charge in [0.2, 0.25) is 6.29 Å². The topological polar surface area (TPSA) is 177 Å². The summed E-state index contributed by atoms with van der Waals surface area (Å²) in [5, 5.41) is 74.4. The van der Waals surface area contributed by atoms with Crippen LogP contribution in [0.25, 0.3) is 0 Å². The van der Waals surface area contributed by atoms with Gasteiger partial charge in [0, 0.05) is 12.0 Å². The molecular weight excluding hydrogens is 592 g/mol. The second kappa shape index (κ2) is 11.2. The molecule has 0 amide bonds. The summed E-state index contributed by atoms with van der Waals surface area (Å²) >= 11 is 0. The molecule has 6 aliphatic rings. The Balaban J connectivity index is 1.37. The highest BCUT2D eigenvalue weighted by molar-refractivity contribution is 5.79. The van der Waals surface area contributed by atoms with Crippen LogP contribution in [0.5, 0.6) is 0 Å². The smallest absolute Gasteiger partial charge is 0.315 e. The van der Waals surface area contributed by atoms with Crippen molar-refractivity contribution in [3.8, 4) is 0 Å². The Morgan fingerprint density at radius 2 is 1.54 bits per heavy atom. The predicted molar refractivity (Wildman–Crippen MR) is 168 cm³/mol. The van der Waals surface area contributed by atoms with E-state index in [-0.39, 0.29) is 40.6 Å². The minimum absolute atomic E-state index is 0.0218. The largest absolute Gasteiger partial charge is 0.432 e. The van der Waals surface area contributed by atoms with Crippen molar-refractivity contribution in [2.45, 2.75) is 142 Å². The Morgan fingerprint density at radius 3 is 2.20 bits per heavy atom. The normalized spacial score (nSPS) is 52.7. The van der Waals surface area contributed by atoms with E-state index < -0.39 is 71.7 Å². The number of aliphatic hydroxyl groups excluding tert-OH is 7. The Kier molecular flexibility index (Phi) is 8.46. The number of carbonyl (C=O) groups is 1. The van der Waals surface area contributed by atoms with Crippen LogP contribution in [-0.4, -0.2) is 97.8 Å². The highest BCUT2D eigenvalue weighted by Gasteiger charge is 2.71. The van der Waals surface area contributed by atoms with Crippen LogP contribution >= 0.6 is 0 Å². The molecule has 6 rings (SSSR count). The van der Waals surface area contributed by atoms with Gasteiger partial charge in [0.05, 0.1) is 24.2 Å². The fourth-order valence-corrected chi connectivity index (χ4v) is 12.1. The molecule has 1 heterocycles. The second-order valence-corrected chi connectivity index (χ2v) is 17.9. The van der Waals surface area contributed by atoms with E-state index in [4.69, 9.17) is 9.47 Å². The predicted octanol–water partition coefficient (Wildman–Crippen LogP) is 2.44. The van der Waals surface area contributed by atoms with Crippen molar-refractivity contribution in [1.82, 2.24) is 0 Å². The molecule has 1 saturated heterocycles. The standard InChI is InChI=1S/C36H58O10/c1-31(2)11-13-35(30(44)46-29-27(42)26(41)25(40)22(17-37)45-29)14-12-33(5)19(20(35)15-31)7-8-24-34(33,6)10-9-23-32(3,4)28(43)21(39)16-36(23,24)18-38/h7,20-29,37-43H,8-18H2,1-6H3/t20-,21+,22-,23?,24-,25-,26+,27-,28-,29+,33-,34-,35+,36-/m1/s1. The summed E-state index contributed by atoms with van der Waals surface area (Å²) in [5.74, 6) is -0.452. The van der Waals surface area contributed by atoms with Crippen LogP contribution in [0, 0.1) is 50.2 Å². The highest BCUT2D eigenvalue weighted by Crippen LogP contribution is 2.75. The third-order valence-electron chi connectivity index (χ3n) is 15.1. The van der Waals surface area contributed by atoms with Crippen molar-refractivity contribution in [2.75, 3.05) is 13.2 Å². The van der Waals surface area contributed by atoms with Gasteiger partial charge in [-0.1, -0.05) is 53.2 Å². The van der Waals surface area contributed by atoms with Gasteiger partial charge in [-0.2, -0.15) is 0 Å². The lowest BCUT2D eigenvalue weighted by Crippen LogP contribution is -2.68. The van der Waals surface area contributed by atoms with E-state index in [0.29, 0.717) is 25.7 Å². The van der Waals surface area contributed by atoms with Crippen LogP contribution in [0.4, 0.5) is 0 Å². The fraction of sp³-hybridized carbons (Fsp3) is 0.917. The van der Waals surface area contributed by atoms with Gasteiger partial charge in [-0.05, 0) is 97.2 Å². The van der Waals surface area contributed by atoms with Crippen LogP contribution in [0.3, 0.4) is 0 Å². The monoisotopic (exact) mass is 650 g/mol. The van der Waals surface area contributed by atoms with E-state index in [1.807, 2.05) is 13.8 Å². The van der Waals surface area contributed by atoms with Crippen LogP contribution in [0.15, 0.2) is 11.6 Å². The molecule has 0 aromatic carbocycles. The van der Waals surface area contributed by atoms with Gasteiger partial charge in [0.25, 0.3) is 0 Å². The van der Waals surface area contributed by atoms with Crippen molar-refractivity contribution in [2.24, 2.45) is 50.2 Å². The first kappa shape index (κ1) is 34.7. The number of carbonyl (C=O) groups excluding carboxylic acids is 1. The Morgan fingerprint density at radius 1 is 0.870 bits per heavy atom. The summed E-state index contributed by atoms with van der Waals surface area (Å²) in [6.45, 7) is 12.6. The quantitative estimate of drug-likeness (QED) is 0.177. The molecule has 0 bridgehead atoms. The minimum atomic E-state index is -1.66. The molecule has 10 nitrogen and oxygen atoms in total. The average molecular weight is 651 g/mol. The summed E-state index contributed by atoms with van der Waals surface area (Å²) < 4.78 is 11.5. The summed E-state index contributed by atoms with van der Waals surface area (Å²) in [4.78, 5) is 14.4. The van der Waals surface area contributed by atoms with E-state index in [1.54, 1.807) is 0 Å². The fourth-order valence-electron chi connectivity index (χ4n) is 12.1. The number of fused-ring (bicyclic) bond motifs is 7. The van der Waals surface area contributed by atoms with Crippen LogP contribution in [0.2, 0.25) is 0 Å². The maximum atomic E-state index is 14.4. The molecule has 14 atom stereocenters. The number of rotatable bonds is 4. The van der Waals surface area contributed by atoms with Gasteiger partial charge < -0.3 is 45.2 Å². The zero-order chi connectivity index (χ0) is 33.8. The number of allylic oxidation sites excluding steroid dienone is 2. The zero-order valence-corrected chi connectivity index (χ0v) is 28.5. The number of ether oxygens (including phenoxy) is 2. The van der Waals surface area contributed by atoms with Crippen molar-refractivity contribution < 1.29 is 50.0 Å².